The highest BCUT2D eigenvalue weighted by molar-refractivity contribution is 7.98. The fourth-order valence-corrected chi connectivity index (χ4v) is 1.96. The molecule has 70 valence electrons. The van der Waals surface area contributed by atoms with E-state index in [1.54, 1.807) is 11.8 Å². The minimum absolute atomic E-state index is 0.274. The highest BCUT2D eigenvalue weighted by Crippen LogP contribution is 2.39. The third-order valence-electron chi connectivity index (χ3n) is 2.63. The third-order valence-corrected chi connectivity index (χ3v) is 3.37. The Morgan fingerprint density at radius 2 is 1.92 bits per heavy atom. The van der Waals surface area contributed by atoms with Gasteiger partial charge in [0, 0.05) is 10.9 Å². The lowest BCUT2D eigenvalue weighted by Crippen LogP contribution is -2.11. The summed E-state index contributed by atoms with van der Waals surface area (Å²) in [5.41, 5.74) is 7.38. The Morgan fingerprint density at radius 1 is 1.31 bits per heavy atom. The van der Waals surface area contributed by atoms with Crippen molar-refractivity contribution in [3.05, 3.63) is 29.8 Å². The molecule has 1 fully saturated rings. The van der Waals surface area contributed by atoms with Crippen molar-refractivity contribution in [3.8, 4) is 0 Å². The molecule has 0 amide bonds. The molecular formula is C11H15NS. The molecule has 0 radical (unpaired) electrons. The zero-order valence-corrected chi connectivity index (χ0v) is 8.68. The summed E-state index contributed by atoms with van der Waals surface area (Å²) in [7, 11) is 0. The van der Waals surface area contributed by atoms with Crippen molar-refractivity contribution in [2.75, 3.05) is 6.26 Å². The maximum absolute atomic E-state index is 6.09. The van der Waals surface area contributed by atoms with Crippen LogP contribution in [0.1, 0.15) is 24.4 Å². The minimum atomic E-state index is 0.274. The number of hydrogen-bond acceptors (Lipinski definition) is 2. The zero-order chi connectivity index (χ0) is 9.26. The second kappa shape index (κ2) is 3.72. The van der Waals surface area contributed by atoms with E-state index in [1.807, 2.05) is 0 Å². The summed E-state index contributed by atoms with van der Waals surface area (Å²) in [6.45, 7) is 0. The fourth-order valence-electron chi connectivity index (χ4n) is 1.55. The molecule has 13 heavy (non-hydrogen) atoms. The summed E-state index contributed by atoms with van der Waals surface area (Å²) < 4.78 is 0. The average molecular weight is 193 g/mol. The van der Waals surface area contributed by atoms with Gasteiger partial charge in [0.15, 0.2) is 0 Å². The van der Waals surface area contributed by atoms with Crippen LogP contribution in [0, 0.1) is 5.92 Å². The molecule has 0 saturated heterocycles. The van der Waals surface area contributed by atoms with E-state index < -0.39 is 0 Å². The Bertz CT molecular complexity index is 277. The first-order valence-electron chi connectivity index (χ1n) is 4.71. The second-order valence-corrected chi connectivity index (χ2v) is 4.52. The average Bonchev–Trinajstić information content (AvgIpc) is 3.00. The molecular weight excluding hydrogens is 178 g/mol. The summed E-state index contributed by atoms with van der Waals surface area (Å²) in [5, 5.41) is 0. The van der Waals surface area contributed by atoms with E-state index in [0.29, 0.717) is 0 Å². The van der Waals surface area contributed by atoms with Crippen molar-refractivity contribution in [2.24, 2.45) is 11.7 Å². The Hall–Kier alpha value is -0.470. The molecule has 1 aliphatic rings. The predicted molar refractivity (Wildman–Crippen MR) is 57.9 cm³/mol. The van der Waals surface area contributed by atoms with Crippen molar-refractivity contribution in [1.29, 1.82) is 0 Å². The highest BCUT2D eigenvalue weighted by Gasteiger charge is 2.29. The Morgan fingerprint density at radius 3 is 2.38 bits per heavy atom. The van der Waals surface area contributed by atoms with Gasteiger partial charge in [0.05, 0.1) is 0 Å². The van der Waals surface area contributed by atoms with Crippen molar-refractivity contribution in [3.63, 3.8) is 0 Å². The molecule has 2 rings (SSSR count). The Labute approximate surface area is 83.7 Å². The topological polar surface area (TPSA) is 26.0 Å². The number of nitrogens with two attached hydrogens (primary N) is 1. The Balaban J connectivity index is 2.11. The van der Waals surface area contributed by atoms with Crippen LogP contribution in [0.2, 0.25) is 0 Å². The molecule has 0 unspecified atom stereocenters. The van der Waals surface area contributed by atoms with Gasteiger partial charge in [-0.15, -0.1) is 11.8 Å². The van der Waals surface area contributed by atoms with Gasteiger partial charge in [-0.3, -0.25) is 0 Å². The summed E-state index contributed by atoms with van der Waals surface area (Å²) in [4.78, 5) is 1.31. The maximum Gasteiger partial charge on any atom is 0.0323 e. The van der Waals surface area contributed by atoms with Crippen LogP contribution < -0.4 is 5.73 Å². The van der Waals surface area contributed by atoms with Crippen LogP contribution in [0.3, 0.4) is 0 Å². The van der Waals surface area contributed by atoms with Crippen LogP contribution in [-0.4, -0.2) is 6.26 Å². The molecule has 1 atom stereocenters. The summed E-state index contributed by atoms with van der Waals surface area (Å²) in [5.74, 6) is 0.750. The highest BCUT2D eigenvalue weighted by atomic mass is 32.2. The first-order valence-corrected chi connectivity index (χ1v) is 5.93. The predicted octanol–water partition coefficient (Wildman–Crippen LogP) is 2.82. The largest absolute Gasteiger partial charge is 0.324 e. The monoisotopic (exact) mass is 193 g/mol. The first kappa shape index (κ1) is 9.10. The number of benzene rings is 1. The van der Waals surface area contributed by atoms with E-state index in [4.69, 9.17) is 5.73 Å². The molecule has 1 aromatic carbocycles. The van der Waals surface area contributed by atoms with Crippen LogP contribution in [0.4, 0.5) is 0 Å². The van der Waals surface area contributed by atoms with Crippen molar-refractivity contribution >= 4 is 11.8 Å². The molecule has 1 nitrogen and oxygen atoms in total. The first-order chi connectivity index (χ1) is 6.31. The normalized spacial score (nSPS) is 18.6. The summed E-state index contributed by atoms with van der Waals surface area (Å²) >= 11 is 1.77. The Kier molecular flexibility index (Phi) is 2.61. The van der Waals surface area contributed by atoms with Gasteiger partial charge in [-0.05, 0) is 42.7 Å². The van der Waals surface area contributed by atoms with Crippen molar-refractivity contribution < 1.29 is 0 Å². The molecule has 2 N–H and O–H groups in total. The lowest BCUT2D eigenvalue weighted by atomic mass is 10.0. The number of rotatable bonds is 3. The molecule has 0 aromatic heterocycles. The van der Waals surface area contributed by atoms with Crippen LogP contribution in [-0.2, 0) is 0 Å². The molecule has 1 saturated carbocycles. The number of hydrogen-bond donors (Lipinski definition) is 1. The number of thioether (sulfide) groups is 1. The van der Waals surface area contributed by atoms with Crippen LogP contribution >= 0.6 is 11.8 Å². The summed E-state index contributed by atoms with van der Waals surface area (Å²) in [6.07, 6.45) is 4.71. The van der Waals surface area contributed by atoms with Crippen LogP contribution in [0.5, 0.6) is 0 Å². The SMILES string of the molecule is CSc1ccc([C@H](N)C2CC2)cc1. The molecule has 1 aliphatic carbocycles. The van der Waals surface area contributed by atoms with Gasteiger partial charge in [-0.2, -0.15) is 0 Å². The van der Waals surface area contributed by atoms with Crippen LogP contribution in [0.15, 0.2) is 29.2 Å². The fraction of sp³-hybridized carbons (Fsp3) is 0.455. The third kappa shape index (κ3) is 2.06. The van der Waals surface area contributed by atoms with Gasteiger partial charge in [-0.1, -0.05) is 12.1 Å². The lowest BCUT2D eigenvalue weighted by molar-refractivity contribution is 0.633. The summed E-state index contributed by atoms with van der Waals surface area (Å²) in [6, 6.07) is 8.91. The van der Waals surface area contributed by atoms with E-state index in [1.165, 1.54) is 23.3 Å². The van der Waals surface area contributed by atoms with Gasteiger partial charge in [0.1, 0.15) is 0 Å². The van der Waals surface area contributed by atoms with Crippen molar-refractivity contribution in [2.45, 2.75) is 23.8 Å². The van der Waals surface area contributed by atoms with Crippen molar-refractivity contribution in [1.82, 2.24) is 0 Å². The lowest BCUT2D eigenvalue weighted by Gasteiger charge is -2.10. The van der Waals surface area contributed by atoms with E-state index in [9.17, 15) is 0 Å². The van der Waals surface area contributed by atoms with Gasteiger partial charge >= 0.3 is 0 Å². The van der Waals surface area contributed by atoms with E-state index >= 15 is 0 Å². The van der Waals surface area contributed by atoms with E-state index in [2.05, 4.69) is 30.5 Å². The van der Waals surface area contributed by atoms with Gasteiger partial charge in [0.2, 0.25) is 0 Å². The molecule has 0 aliphatic heterocycles. The molecule has 0 bridgehead atoms. The van der Waals surface area contributed by atoms with Gasteiger partial charge < -0.3 is 5.73 Å². The standard InChI is InChI=1S/C11H15NS/c1-13-10-6-4-9(5-7-10)11(12)8-2-3-8/h4-8,11H,2-3,12H2,1H3/t11-/m1/s1. The van der Waals surface area contributed by atoms with Crippen LogP contribution in [0.25, 0.3) is 0 Å². The molecule has 0 spiro atoms. The van der Waals surface area contributed by atoms with Gasteiger partial charge in [0.25, 0.3) is 0 Å². The van der Waals surface area contributed by atoms with E-state index in [0.717, 1.165) is 5.92 Å². The zero-order valence-electron chi connectivity index (χ0n) is 7.86. The smallest absolute Gasteiger partial charge is 0.0323 e. The molecule has 2 heteroatoms. The minimum Gasteiger partial charge on any atom is -0.324 e. The molecule has 0 heterocycles. The maximum atomic E-state index is 6.09. The van der Waals surface area contributed by atoms with Gasteiger partial charge in [-0.25, -0.2) is 0 Å². The second-order valence-electron chi connectivity index (χ2n) is 3.64. The van der Waals surface area contributed by atoms with E-state index in [-0.39, 0.29) is 6.04 Å². The quantitative estimate of drug-likeness (QED) is 0.747. The molecule has 1 aromatic rings.